The van der Waals surface area contributed by atoms with E-state index < -0.39 is 5.60 Å². The molecule has 0 unspecified atom stereocenters. The lowest BCUT2D eigenvalue weighted by atomic mass is 9.97. The van der Waals surface area contributed by atoms with Gasteiger partial charge >= 0.3 is 0 Å². The third-order valence-electron chi connectivity index (χ3n) is 5.59. The van der Waals surface area contributed by atoms with Gasteiger partial charge in [0.1, 0.15) is 12.3 Å². The normalized spacial score (nSPS) is 14.4. The number of carbonyl (C=O) groups is 3. The Labute approximate surface area is 192 Å². The molecule has 3 aromatic rings. The third kappa shape index (κ3) is 4.67. The molecule has 0 aliphatic carbocycles. The molecule has 2 heterocycles. The van der Waals surface area contributed by atoms with Crippen molar-refractivity contribution in [2.75, 3.05) is 18.0 Å². The molecule has 4 rings (SSSR count). The van der Waals surface area contributed by atoms with Crippen molar-refractivity contribution in [1.82, 2.24) is 5.32 Å². The summed E-state index contributed by atoms with van der Waals surface area (Å²) in [5.41, 5.74) is 1.43. The van der Waals surface area contributed by atoms with Gasteiger partial charge in [0.15, 0.2) is 11.4 Å². The van der Waals surface area contributed by atoms with Crippen LogP contribution in [0.4, 0.5) is 5.69 Å². The van der Waals surface area contributed by atoms with Gasteiger partial charge in [-0.15, -0.1) is 0 Å². The Morgan fingerprint density at radius 3 is 2.52 bits per heavy atom. The maximum absolute atomic E-state index is 13.2. The molecular weight excluding hydrogens is 420 g/mol. The molecule has 1 aromatic heterocycles. The van der Waals surface area contributed by atoms with Gasteiger partial charge in [0.25, 0.3) is 5.91 Å². The number of amides is 2. The van der Waals surface area contributed by atoms with Crippen molar-refractivity contribution in [3.8, 4) is 5.75 Å². The Morgan fingerprint density at radius 1 is 1.06 bits per heavy atom. The predicted molar refractivity (Wildman–Crippen MR) is 124 cm³/mol. The Morgan fingerprint density at radius 2 is 1.82 bits per heavy atom. The zero-order valence-electron chi connectivity index (χ0n) is 18.9. The van der Waals surface area contributed by atoms with Crippen molar-refractivity contribution < 1.29 is 23.5 Å². The maximum atomic E-state index is 13.2. The first-order valence-corrected chi connectivity index (χ1v) is 10.8. The van der Waals surface area contributed by atoms with Crippen LogP contribution in [0.1, 0.15) is 41.1 Å². The quantitative estimate of drug-likeness (QED) is 0.560. The number of benzene rings is 2. The lowest BCUT2D eigenvalue weighted by Gasteiger charge is -2.38. The summed E-state index contributed by atoms with van der Waals surface area (Å²) in [6.07, 6.45) is 2.12. The second-order valence-corrected chi connectivity index (χ2v) is 8.53. The average Bonchev–Trinajstić information content (AvgIpc) is 3.32. The largest absolute Gasteiger partial charge is 0.476 e. The van der Waals surface area contributed by atoms with Gasteiger partial charge in [0, 0.05) is 12.1 Å². The number of nitrogens with zero attached hydrogens (tertiary/aromatic N) is 1. The molecule has 0 saturated carbocycles. The summed E-state index contributed by atoms with van der Waals surface area (Å²) in [4.78, 5) is 40.2. The molecule has 1 aliphatic heterocycles. The summed E-state index contributed by atoms with van der Waals surface area (Å²) in [6.45, 7) is 5.40. The van der Waals surface area contributed by atoms with Gasteiger partial charge in [-0.25, -0.2) is 0 Å². The first-order chi connectivity index (χ1) is 15.8. The van der Waals surface area contributed by atoms with Crippen LogP contribution in [-0.2, 0) is 16.0 Å². The molecule has 1 N–H and O–H groups in total. The first-order valence-electron chi connectivity index (χ1n) is 10.8. The second kappa shape index (κ2) is 8.94. The third-order valence-corrected chi connectivity index (χ3v) is 5.59. The van der Waals surface area contributed by atoms with Gasteiger partial charge in [0.05, 0.1) is 12.0 Å². The average molecular weight is 447 g/mol. The van der Waals surface area contributed by atoms with E-state index in [1.54, 1.807) is 45.0 Å². The summed E-state index contributed by atoms with van der Waals surface area (Å²) in [5, 5.41) is 2.87. The lowest BCUT2D eigenvalue weighted by Crippen LogP contribution is -2.55. The number of nitrogens with one attached hydrogen (secondary N) is 1. The van der Waals surface area contributed by atoms with Crippen molar-refractivity contribution in [1.29, 1.82) is 0 Å². The van der Waals surface area contributed by atoms with Crippen LogP contribution in [0.15, 0.2) is 65.3 Å². The molecule has 0 saturated heterocycles. The van der Waals surface area contributed by atoms with Gasteiger partial charge in [-0.05, 0) is 62.6 Å². The first kappa shape index (κ1) is 22.3. The highest BCUT2D eigenvalue weighted by Crippen LogP contribution is 2.40. The number of anilines is 1. The van der Waals surface area contributed by atoms with Crippen LogP contribution in [-0.4, -0.2) is 36.3 Å². The summed E-state index contributed by atoms with van der Waals surface area (Å²) in [6, 6.07) is 16.4. The van der Waals surface area contributed by atoms with Crippen LogP contribution in [0.3, 0.4) is 0 Å². The molecule has 0 atom stereocenters. The van der Waals surface area contributed by atoms with E-state index in [2.05, 4.69) is 5.32 Å². The number of carbonyl (C=O) groups excluding carboxylic acids is 3. The minimum Gasteiger partial charge on any atom is -0.476 e. The molecule has 0 radical (unpaired) electrons. The molecule has 7 heteroatoms. The molecular formula is C26H26N2O5. The Balaban J connectivity index is 1.57. The summed E-state index contributed by atoms with van der Waals surface area (Å²) >= 11 is 0. The topological polar surface area (TPSA) is 88.9 Å². The van der Waals surface area contributed by atoms with Gasteiger partial charge in [0.2, 0.25) is 11.7 Å². The molecule has 33 heavy (non-hydrogen) atoms. The van der Waals surface area contributed by atoms with Crippen LogP contribution < -0.4 is 15.0 Å². The van der Waals surface area contributed by atoms with E-state index in [1.807, 2.05) is 30.3 Å². The fourth-order valence-electron chi connectivity index (χ4n) is 3.85. The van der Waals surface area contributed by atoms with Crippen molar-refractivity contribution in [2.45, 2.75) is 32.8 Å². The summed E-state index contributed by atoms with van der Waals surface area (Å²) in [5.74, 6) is -0.294. The van der Waals surface area contributed by atoms with Crippen LogP contribution >= 0.6 is 0 Å². The van der Waals surface area contributed by atoms with E-state index in [1.165, 1.54) is 11.2 Å². The van der Waals surface area contributed by atoms with Gasteiger partial charge in [-0.1, -0.05) is 30.3 Å². The minimum absolute atomic E-state index is 0.176. The zero-order valence-corrected chi connectivity index (χ0v) is 18.9. The second-order valence-electron chi connectivity index (χ2n) is 8.53. The molecule has 1 aliphatic rings. The number of furan rings is 1. The SMILES string of the molecule is Cc1cc2c(cc1C(=O)c1ccco1)N(CC(=O)NCCc1ccccc1)C(=O)C(C)(C)O2. The van der Waals surface area contributed by atoms with E-state index in [0.717, 1.165) is 5.56 Å². The number of aryl methyl sites for hydroxylation is 1. The number of fused-ring (bicyclic) bond motifs is 1. The van der Waals surface area contributed by atoms with E-state index in [-0.39, 0.29) is 29.9 Å². The molecule has 170 valence electrons. The van der Waals surface area contributed by atoms with Crippen LogP contribution in [0.5, 0.6) is 5.75 Å². The molecule has 7 nitrogen and oxygen atoms in total. The van der Waals surface area contributed by atoms with E-state index >= 15 is 0 Å². The summed E-state index contributed by atoms with van der Waals surface area (Å²) in [7, 11) is 0. The van der Waals surface area contributed by atoms with Gasteiger partial charge in [-0.2, -0.15) is 0 Å². The Kier molecular flexibility index (Phi) is 6.05. The highest BCUT2D eigenvalue weighted by molar-refractivity contribution is 6.11. The van der Waals surface area contributed by atoms with Crippen LogP contribution in [0.2, 0.25) is 0 Å². The Bertz CT molecular complexity index is 1180. The fraction of sp³-hybridized carbons (Fsp3) is 0.269. The fourth-order valence-corrected chi connectivity index (χ4v) is 3.85. The number of hydrogen-bond donors (Lipinski definition) is 1. The van der Waals surface area contributed by atoms with Gasteiger partial charge < -0.3 is 14.5 Å². The van der Waals surface area contributed by atoms with Crippen molar-refractivity contribution in [2.24, 2.45) is 0 Å². The van der Waals surface area contributed by atoms with E-state index in [4.69, 9.17) is 9.15 Å². The predicted octanol–water partition coefficient (Wildman–Crippen LogP) is 3.68. The highest BCUT2D eigenvalue weighted by Gasteiger charge is 2.42. The van der Waals surface area contributed by atoms with E-state index in [0.29, 0.717) is 35.5 Å². The molecule has 2 amide bonds. The molecule has 0 fully saturated rings. The molecule has 0 spiro atoms. The molecule has 2 aromatic carbocycles. The zero-order chi connectivity index (χ0) is 23.6. The number of ketones is 1. The summed E-state index contributed by atoms with van der Waals surface area (Å²) < 4.78 is 11.2. The maximum Gasteiger partial charge on any atom is 0.271 e. The Hall–Kier alpha value is -3.87. The van der Waals surface area contributed by atoms with E-state index in [9.17, 15) is 14.4 Å². The molecule has 0 bridgehead atoms. The standard InChI is InChI=1S/C26H26N2O5/c1-17-14-22-20(15-19(17)24(30)21-10-7-13-32-21)28(25(31)26(2,3)33-22)16-23(29)27-12-11-18-8-5-4-6-9-18/h4-10,13-15H,11-12,16H2,1-3H3,(H,27,29). The lowest BCUT2D eigenvalue weighted by molar-refractivity contribution is -0.134. The van der Waals surface area contributed by atoms with Crippen molar-refractivity contribution in [3.63, 3.8) is 0 Å². The van der Waals surface area contributed by atoms with Crippen molar-refractivity contribution in [3.05, 3.63) is 83.3 Å². The van der Waals surface area contributed by atoms with Gasteiger partial charge in [-0.3, -0.25) is 19.3 Å². The van der Waals surface area contributed by atoms with Crippen LogP contribution in [0, 0.1) is 6.92 Å². The smallest absolute Gasteiger partial charge is 0.271 e. The number of ether oxygens (including phenoxy) is 1. The van der Waals surface area contributed by atoms with Crippen molar-refractivity contribution >= 4 is 23.3 Å². The number of rotatable bonds is 7. The minimum atomic E-state index is -1.14. The van der Waals surface area contributed by atoms with Crippen LogP contribution in [0.25, 0.3) is 0 Å². The number of hydrogen-bond acceptors (Lipinski definition) is 5. The highest BCUT2D eigenvalue weighted by atomic mass is 16.5. The monoisotopic (exact) mass is 446 g/mol.